The summed E-state index contributed by atoms with van der Waals surface area (Å²) in [6.45, 7) is 4.22. The summed E-state index contributed by atoms with van der Waals surface area (Å²) in [6.07, 6.45) is 8.62. The highest BCUT2D eigenvalue weighted by atomic mass is 32.1. The first-order valence-electron chi connectivity index (χ1n) is 7.18. The highest BCUT2D eigenvalue weighted by molar-refractivity contribution is 7.80. The van der Waals surface area contributed by atoms with Gasteiger partial charge in [-0.1, -0.05) is 25.8 Å². The summed E-state index contributed by atoms with van der Waals surface area (Å²) in [7, 11) is 0. The van der Waals surface area contributed by atoms with Crippen LogP contribution in [0.15, 0.2) is 29.6 Å². The van der Waals surface area contributed by atoms with Crippen LogP contribution in [0, 0.1) is 5.92 Å². The van der Waals surface area contributed by atoms with Crippen LogP contribution in [0.2, 0.25) is 0 Å². The minimum atomic E-state index is 0.470. The van der Waals surface area contributed by atoms with Gasteiger partial charge in [0.2, 0.25) is 0 Å². The molecule has 20 heavy (non-hydrogen) atoms. The number of nitrogens with one attached hydrogen (secondary N) is 2. The van der Waals surface area contributed by atoms with E-state index in [1.165, 1.54) is 25.7 Å². The summed E-state index contributed by atoms with van der Waals surface area (Å²) in [4.78, 5) is 4.08. The highest BCUT2D eigenvalue weighted by Gasteiger charge is 2.21. The standard InChI is InChI=1S/C15H22N4S/c1-11-6-3-4-8-14(11)17-15(20)19-18-12(2)13-7-5-9-16-10-13/h5,7,9-11,14H,3-4,6,8H2,1-2H3,(H2,17,19,20)/b18-12-/t11-,14-/m1/s1. The highest BCUT2D eigenvalue weighted by Crippen LogP contribution is 2.23. The van der Waals surface area contributed by atoms with Crippen molar-refractivity contribution in [3.63, 3.8) is 0 Å². The average molecular weight is 290 g/mol. The molecule has 0 spiro atoms. The van der Waals surface area contributed by atoms with E-state index in [-0.39, 0.29) is 0 Å². The van der Waals surface area contributed by atoms with E-state index in [2.05, 4.69) is 27.8 Å². The molecule has 0 saturated heterocycles. The lowest BCUT2D eigenvalue weighted by Gasteiger charge is -2.30. The topological polar surface area (TPSA) is 49.3 Å². The molecule has 1 aromatic rings. The molecule has 0 aliphatic heterocycles. The summed E-state index contributed by atoms with van der Waals surface area (Å²) < 4.78 is 0. The summed E-state index contributed by atoms with van der Waals surface area (Å²) in [6, 6.07) is 4.35. The Morgan fingerprint density at radius 3 is 2.90 bits per heavy atom. The third-order valence-corrected chi connectivity index (χ3v) is 4.04. The zero-order valence-corrected chi connectivity index (χ0v) is 12.9. The van der Waals surface area contributed by atoms with Gasteiger partial charge in [-0.05, 0) is 44.0 Å². The molecule has 1 aromatic heterocycles. The first kappa shape index (κ1) is 14.9. The molecule has 2 atom stereocenters. The molecule has 108 valence electrons. The molecule has 1 heterocycles. The Hall–Kier alpha value is -1.49. The molecule has 2 rings (SSSR count). The monoisotopic (exact) mass is 290 g/mol. The molecule has 0 radical (unpaired) electrons. The fraction of sp³-hybridized carbons (Fsp3) is 0.533. The maximum Gasteiger partial charge on any atom is 0.187 e. The van der Waals surface area contributed by atoms with Gasteiger partial charge in [0.15, 0.2) is 5.11 Å². The van der Waals surface area contributed by atoms with E-state index in [9.17, 15) is 0 Å². The summed E-state index contributed by atoms with van der Waals surface area (Å²) in [5.41, 5.74) is 4.80. The van der Waals surface area contributed by atoms with Crippen LogP contribution in [0.5, 0.6) is 0 Å². The van der Waals surface area contributed by atoms with E-state index in [4.69, 9.17) is 12.2 Å². The van der Waals surface area contributed by atoms with Crippen molar-refractivity contribution in [2.24, 2.45) is 11.0 Å². The maximum absolute atomic E-state index is 5.31. The average Bonchev–Trinajstić information content (AvgIpc) is 2.48. The van der Waals surface area contributed by atoms with E-state index in [0.717, 1.165) is 11.3 Å². The number of hydrazone groups is 1. The van der Waals surface area contributed by atoms with Gasteiger partial charge in [0.05, 0.1) is 5.71 Å². The van der Waals surface area contributed by atoms with Gasteiger partial charge in [0.25, 0.3) is 0 Å². The number of rotatable bonds is 3. The second-order valence-electron chi connectivity index (χ2n) is 5.39. The number of thiocarbonyl (C=S) groups is 1. The van der Waals surface area contributed by atoms with Crippen LogP contribution in [-0.4, -0.2) is 21.8 Å². The quantitative estimate of drug-likeness (QED) is 0.510. The summed E-state index contributed by atoms with van der Waals surface area (Å²) >= 11 is 5.31. The molecule has 2 N–H and O–H groups in total. The lowest BCUT2D eigenvalue weighted by atomic mass is 9.86. The molecule has 0 amide bonds. The van der Waals surface area contributed by atoms with E-state index in [1.54, 1.807) is 12.4 Å². The zero-order chi connectivity index (χ0) is 14.4. The van der Waals surface area contributed by atoms with Crippen LogP contribution >= 0.6 is 12.2 Å². The minimum absolute atomic E-state index is 0.470. The van der Waals surface area contributed by atoms with Crippen LogP contribution in [0.25, 0.3) is 0 Å². The molecule has 1 aliphatic rings. The molecule has 0 aromatic carbocycles. The lowest BCUT2D eigenvalue weighted by molar-refractivity contribution is 0.308. The number of nitrogens with zero attached hydrogens (tertiary/aromatic N) is 2. The lowest BCUT2D eigenvalue weighted by Crippen LogP contribution is -2.44. The fourth-order valence-electron chi connectivity index (χ4n) is 2.51. The molecule has 1 aliphatic carbocycles. The molecular weight excluding hydrogens is 268 g/mol. The van der Waals surface area contributed by atoms with Crippen molar-refractivity contribution in [1.29, 1.82) is 0 Å². The Balaban J connectivity index is 1.85. The predicted octanol–water partition coefficient (Wildman–Crippen LogP) is 2.85. The zero-order valence-electron chi connectivity index (χ0n) is 12.1. The maximum atomic E-state index is 5.31. The van der Waals surface area contributed by atoms with Crippen molar-refractivity contribution >= 4 is 23.0 Å². The fourth-order valence-corrected chi connectivity index (χ4v) is 2.70. The minimum Gasteiger partial charge on any atom is -0.358 e. The van der Waals surface area contributed by atoms with Crippen LogP contribution in [0.3, 0.4) is 0 Å². The molecule has 4 nitrogen and oxygen atoms in total. The second-order valence-corrected chi connectivity index (χ2v) is 5.80. The van der Waals surface area contributed by atoms with E-state index < -0.39 is 0 Å². The predicted molar refractivity (Wildman–Crippen MR) is 86.7 cm³/mol. The Labute approximate surface area is 126 Å². The van der Waals surface area contributed by atoms with Gasteiger partial charge in [0.1, 0.15) is 0 Å². The van der Waals surface area contributed by atoms with Crippen molar-refractivity contribution < 1.29 is 0 Å². The number of pyridine rings is 1. The van der Waals surface area contributed by atoms with Gasteiger partial charge < -0.3 is 5.32 Å². The number of hydrogen-bond acceptors (Lipinski definition) is 3. The Kier molecular flexibility index (Phi) is 5.47. The SMILES string of the molecule is C/C(=N/NC(=S)N[C@@H]1CCCC[C@H]1C)c1cccnc1. The number of hydrogen-bond donors (Lipinski definition) is 2. The Morgan fingerprint density at radius 2 is 2.20 bits per heavy atom. The first-order valence-corrected chi connectivity index (χ1v) is 7.59. The third-order valence-electron chi connectivity index (χ3n) is 3.83. The smallest absolute Gasteiger partial charge is 0.187 e. The van der Waals surface area contributed by atoms with Crippen molar-refractivity contribution in [2.45, 2.75) is 45.6 Å². The van der Waals surface area contributed by atoms with Crippen LogP contribution < -0.4 is 10.7 Å². The van der Waals surface area contributed by atoms with Crippen molar-refractivity contribution in [2.75, 3.05) is 0 Å². The molecule has 0 bridgehead atoms. The van der Waals surface area contributed by atoms with Crippen molar-refractivity contribution in [3.05, 3.63) is 30.1 Å². The Bertz CT molecular complexity index is 472. The first-order chi connectivity index (χ1) is 9.66. The second kappa shape index (κ2) is 7.33. The van der Waals surface area contributed by atoms with E-state index in [0.29, 0.717) is 17.1 Å². The third kappa shape index (κ3) is 4.27. The van der Waals surface area contributed by atoms with Gasteiger partial charge in [-0.3, -0.25) is 10.4 Å². The van der Waals surface area contributed by atoms with Gasteiger partial charge in [-0.2, -0.15) is 5.10 Å². The largest absolute Gasteiger partial charge is 0.358 e. The van der Waals surface area contributed by atoms with Gasteiger partial charge in [0, 0.05) is 24.0 Å². The van der Waals surface area contributed by atoms with E-state index >= 15 is 0 Å². The Morgan fingerprint density at radius 1 is 1.40 bits per heavy atom. The van der Waals surface area contributed by atoms with Crippen molar-refractivity contribution in [3.8, 4) is 0 Å². The van der Waals surface area contributed by atoms with Gasteiger partial charge in [-0.25, -0.2) is 0 Å². The molecule has 5 heteroatoms. The van der Waals surface area contributed by atoms with Crippen LogP contribution in [0.1, 0.15) is 45.1 Å². The molecular formula is C15H22N4S. The van der Waals surface area contributed by atoms with Crippen LogP contribution in [-0.2, 0) is 0 Å². The van der Waals surface area contributed by atoms with Gasteiger partial charge >= 0.3 is 0 Å². The van der Waals surface area contributed by atoms with E-state index in [1.807, 2.05) is 19.1 Å². The van der Waals surface area contributed by atoms with Crippen molar-refractivity contribution in [1.82, 2.24) is 15.7 Å². The normalized spacial score (nSPS) is 23.2. The number of aromatic nitrogens is 1. The van der Waals surface area contributed by atoms with Gasteiger partial charge in [-0.15, -0.1) is 0 Å². The molecule has 0 unspecified atom stereocenters. The molecule has 1 fully saturated rings. The summed E-state index contributed by atoms with van der Waals surface area (Å²) in [5.74, 6) is 0.673. The van der Waals surface area contributed by atoms with Crippen LogP contribution in [0.4, 0.5) is 0 Å². The summed E-state index contributed by atoms with van der Waals surface area (Å²) in [5, 5.41) is 8.28. The molecule has 1 saturated carbocycles.